The van der Waals surface area contributed by atoms with Gasteiger partial charge in [-0.15, -0.1) is 0 Å². The molecule has 1 aromatic carbocycles. The van der Waals surface area contributed by atoms with Crippen molar-refractivity contribution in [2.45, 2.75) is 19.5 Å². The minimum absolute atomic E-state index is 0.154. The fourth-order valence-corrected chi connectivity index (χ4v) is 3.89. The third-order valence-electron chi connectivity index (χ3n) is 4.55. The van der Waals surface area contributed by atoms with Gasteiger partial charge in [-0.3, -0.25) is 9.59 Å². The number of nitrogens with zero attached hydrogens (tertiary/aromatic N) is 2. The van der Waals surface area contributed by atoms with Crippen LogP contribution in [0.4, 0.5) is 0 Å². The maximum absolute atomic E-state index is 12.7. The molecule has 0 saturated heterocycles. The van der Waals surface area contributed by atoms with Crippen LogP contribution in [-0.2, 0) is 18.4 Å². The lowest BCUT2D eigenvalue weighted by atomic mass is 10.0. The van der Waals surface area contributed by atoms with E-state index in [1.807, 2.05) is 6.92 Å². The van der Waals surface area contributed by atoms with Crippen molar-refractivity contribution in [1.29, 1.82) is 0 Å². The molecule has 1 aliphatic heterocycles. The number of hydrogen-bond donors (Lipinski definition) is 1. The van der Waals surface area contributed by atoms with E-state index in [1.165, 1.54) is 16.6 Å². The minimum atomic E-state index is -0.605. The predicted molar refractivity (Wildman–Crippen MR) is 91.8 cm³/mol. The summed E-state index contributed by atoms with van der Waals surface area (Å²) in [5.41, 5.74) is 1.49. The Morgan fingerprint density at radius 1 is 1.42 bits per heavy atom. The molecule has 0 bridgehead atoms. The lowest BCUT2D eigenvalue weighted by Crippen LogP contribution is -2.31. The Balaban J connectivity index is 2.41. The molecule has 128 valence electrons. The van der Waals surface area contributed by atoms with Gasteiger partial charge in [-0.1, -0.05) is 23.2 Å². The van der Waals surface area contributed by atoms with Gasteiger partial charge in [0.25, 0.3) is 5.56 Å². The van der Waals surface area contributed by atoms with E-state index in [2.05, 4.69) is 0 Å². The van der Waals surface area contributed by atoms with Gasteiger partial charge in [-0.25, -0.2) is 0 Å². The number of ether oxygens (including phenoxy) is 1. The molecule has 0 radical (unpaired) electrons. The van der Waals surface area contributed by atoms with E-state index in [4.69, 9.17) is 33.0 Å². The first-order valence-corrected chi connectivity index (χ1v) is 8.06. The quantitative estimate of drug-likeness (QED) is 0.879. The number of aliphatic hydroxyl groups is 1. The average Bonchev–Trinajstić information content (AvgIpc) is 2.92. The van der Waals surface area contributed by atoms with E-state index in [9.17, 15) is 9.59 Å². The molecule has 0 fully saturated rings. The van der Waals surface area contributed by atoms with Gasteiger partial charge in [0.2, 0.25) is 5.91 Å². The molecule has 0 unspecified atom stereocenters. The van der Waals surface area contributed by atoms with Crippen molar-refractivity contribution < 1.29 is 14.6 Å². The number of carbonyl (C=O) groups is 1. The number of benzene rings is 1. The van der Waals surface area contributed by atoms with Crippen LogP contribution in [-0.4, -0.2) is 34.2 Å². The Morgan fingerprint density at radius 3 is 2.67 bits per heavy atom. The summed E-state index contributed by atoms with van der Waals surface area (Å²) in [6.45, 7) is 1.36. The maximum atomic E-state index is 12.7. The number of halogens is 2. The zero-order valence-electron chi connectivity index (χ0n) is 13.4. The van der Waals surface area contributed by atoms with Crippen molar-refractivity contribution in [3.63, 3.8) is 0 Å². The van der Waals surface area contributed by atoms with Crippen LogP contribution in [0.25, 0.3) is 10.9 Å². The summed E-state index contributed by atoms with van der Waals surface area (Å²) in [5, 5.41) is 10.3. The van der Waals surface area contributed by atoms with Crippen LogP contribution in [0, 0.1) is 0 Å². The lowest BCUT2D eigenvalue weighted by Gasteiger charge is -2.21. The average molecular weight is 371 g/mol. The van der Waals surface area contributed by atoms with Crippen LogP contribution in [0.1, 0.15) is 24.1 Å². The van der Waals surface area contributed by atoms with E-state index in [1.54, 1.807) is 13.1 Å². The molecule has 0 saturated carbocycles. The van der Waals surface area contributed by atoms with Gasteiger partial charge in [0.1, 0.15) is 17.4 Å². The van der Waals surface area contributed by atoms with Crippen molar-refractivity contribution in [3.8, 4) is 5.75 Å². The highest BCUT2D eigenvalue weighted by molar-refractivity contribution is 6.46. The number of fused-ring (bicyclic) bond motifs is 3. The van der Waals surface area contributed by atoms with Gasteiger partial charge >= 0.3 is 0 Å². The number of pyridine rings is 1. The van der Waals surface area contributed by atoms with Gasteiger partial charge in [-0.2, -0.15) is 0 Å². The monoisotopic (exact) mass is 370 g/mol. The second kappa shape index (κ2) is 5.95. The van der Waals surface area contributed by atoms with E-state index >= 15 is 0 Å². The normalized spacial score (nSPS) is 16.6. The second-order valence-corrected chi connectivity index (χ2v) is 6.47. The van der Waals surface area contributed by atoms with Crippen molar-refractivity contribution in [2.75, 3.05) is 13.7 Å². The van der Waals surface area contributed by atoms with Crippen LogP contribution in [0.5, 0.6) is 5.75 Å². The summed E-state index contributed by atoms with van der Waals surface area (Å²) in [7, 11) is 3.09. The number of aromatic nitrogens is 1. The summed E-state index contributed by atoms with van der Waals surface area (Å²) in [6.07, 6.45) is 0. The number of aryl methyl sites for hydroxylation is 1. The summed E-state index contributed by atoms with van der Waals surface area (Å²) in [5.74, 6) is -0.0323. The SMILES string of the molecule is COc1cc2c3c(c(=O)n(C)c2c(Cl)c1Cl)CN(C(=O)CO)[C@H]3C. The summed E-state index contributed by atoms with van der Waals surface area (Å²) in [4.78, 5) is 26.2. The van der Waals surface area contributed by atoms with Crippen molar-refractivity contribution in [2.24, 2.45) is 7.05 Å². The molecular weight excluding hydrogens is 355 g/mol. The van der Waals surface area contributed by atoms with Gasteiger partial charge < -0.3 is 19.3 Å². The number of hydrogen-bond acceptors (Lipinski definition) is 4. The topological polar surface area (TPSA) is 71.8 Å². The largest absolute Gasteiger partial charge is 0.495 e. The van der Waals surface area contributed by atoms with E-state index in [0.717, 1.165) is 0 Å². The van der Waals surface area contributed by atoms with Crippen LogP contribution in [0.2, 0.25) is 10.0 Å². The second-order valence-electron chi connectivity index (χ2n) is 5.72. The molecule has 8 heteroatoms. The Hall–Kier alpha value is -1.76. The highest BCUT2D eigenvalue weighted by Crippen LogP contribution is 2.43. The summed E-state index contributed by atoms with van der Waals surface area (Å²) in [6, 6.07) is 1.36. The highest BCUT2D eigenvalue weighted by atomic mass is 35.5. The third-order valence-corrected chi connectivity index (χ3v) is 5.39. The van der Waals surface area contributed by atoms with Crippen LogP contribution >= 0.6 is 23.2 Å². The zero-order chi connectivity index (χ0) is 17.8. The van der Waals surface area contributed by atoms with Gasteiger partial charge in [0.15, 0.2) is 0 Å². The van der Waals surface area contributed by atoms with E-state index in [-0.39, 0.29) is 28.2 Å². The van der Waals surface area contributed by atoms with Crippen LogP contribution in [0.3, 0.4) is 0 Å². The maximum Gasteiger partial charge on any atom is 0.256 e. The first-order chi connectivity index (χ1) is 11.3. The number of carbonyl (C=O) groups excluding carboxylic acids is 1. The summed E-state index contributed by atoms with van der Waals surface area (Å²) < 4.78 is 6.70. The molecule has 2 heterocycles. The number of rotatable bonds is 2. The fourth-order valence-electron chi connectivity index (χ4n) is 3.34. The molecule has 1 N–H and O–H groups in total. The predicted octanol–water partition coefficient (Wildman–Crippen LogP) is 2.25. The third kappa shape index (κ3) is 2.21. The molecule has 0 aliphatic carbocycles. The molecule has 1 amide bonds. The smallest absolute Gasteiger partial charge is 0.256 e. The standard InChI is InChI=1S/C16H16Cl2N2O4/c1-7-12-8-4-10(24-3)13(17)14(18)15(8)19(2)16(23)9(12)5-20(7)11(22)6-21/h4,7,21H,5-6H2,1-3H3/t7-/m0/s1. The van der Waals surface area contributed by atoms with Gasteiger partial charge in [0.05, 0.1) is 30.2 Å². The molecule has 1 atom stereocenters. The Labute approximate surface area is 148 Å². The zero-order valence-corrected chi connectivity index (χ0v) is 14.9. The van der Waals surface area contributed by atoms with Crippen molar-refractivity contribution in [3.05, 3.63) is 37.6 Å². The first-order valence-electron chi connectivity index (χ1n) is 7.31. The highest BCUT2D eigenvalue weighted by Gasteiger charge is 2.35. The number of amides is 1. The summed E-state index contributed by atoms with van der Waals surface area (Å²) >= 11 is 12.6. The molecule has 1 aromatic heterocycles. The number of aliphatic hydroxyl groups excluding tert-OH is 1. The van der Waals surface area contributed by atoms with E-state index < -0.39 is 12.5 Å². The Bertz CT molecular complexity index is 923. The Kier molecular flexibility index (Phi) is 4.23. The molecule has 3 rings (SSSR count). The molecule has 0 spiro atoms. The van der Waals surface area contributed by atoms with Gasteiger partial charge in [0, 0.05) is 18.0 Å². The Morgan fingerprint density at radius 2 is 2.08 bits per heavy atom. The number of methoxy groups -OCH3 is 1. The van der Waals surface area contributed by atoms with Gasteiger partial charge in [-0.05, 0) is 18.6 Å². The van der Waals surface area contributed by atoms with Crippen molar-refractivity contribution in [1.82, 2.24) is 9.47 Å². The molecular formula is C16H16Cl2N2O4. The van der Waals surface area contributed by atoms with Crippen LogP contribution in [0.15, 0.2) is 10.9 Å². The van der Waals surface area contributed by atoms with Crippen molar-refractivity contribution >= 4 is 40.0 Å². The fraction of sp³-hybridized carbons (Fsp3) is 0.375. The lowest BCUT2D eigenvalue weighted by molar-refractivity contribution is -0.136. The first kappa shape index (κ1) is 17.1. The molecule has 24 heavy (non-hydrogen) atoms. The van der Waals surface area contributed by atoms with Crippen LogP contribution < -0.4 is 10.3 Å². The molecule has 1 aliphatic rings. The minimum Gasteiger partial charge on any atom is -0.495 e. The van der Waals surface area contributed by atoms with E-state index in [0.29, 0.717) is 27.8 Å². The molecule has 6 nitrogen and oxygen atoms in total. The molecule has 2 aromatic rings.